The molecule has 3 nitrogen and oxygen atoms in total. The third-order valence-electron chi connectivity index (χ3n) is 3.79. The molecule has 108 valence electrons. The maximum absolute atomic E-state index is 14.0. The molecule has 1 atom stereocenters. The molecule has 0 spiro atoms. The number of aromatic nitrogens is 2. The minimum atomic E-state index is -0.796. The highest BCUT2D eigenvalue weighted by Gasteiger charge is 2.31. The SMILES string of the molecule is CCC(N)(Cc1c(Cl)c(C)nn1C)c1ccccc1F. The predicted octanol–water partition coefficient (Wildman–Crippen LogP) is 3.33. The summed E-state index contributed by atoms with van der Waals surface area (Å²) in [7, 11) is 1.83. The molecular formula is C15H19ClFN3. The number of rotatable bonds is 4. The van der Waals surface area contributed by atoms with E-state index < -0.39 is 5.54 Å². The largest absolute Gasteiger partial charge is 0.321 e. The Bertz CT molecular complexity index is 624. The van der Waals surface area contributed by atoms with E-state index in [1.807, 2.05) is 20.9 Å². The molecule has 1 unspecified atom stereocenters. The fourth-order valence-corrected chi connectivity index (χ4v) is 2.67. The number of hydrogen-bond donors (Lipinski definition) is 1. The number of halogens is 2. The third-order valence-corrected chi connectivity index (χ3v) is 4.28. The summed E-state index contributed by atoms with van der Waals surface area (Å²) in [6.07, 6.45) is 1.05. The van der Waals surface area contributed by atoms with Crippen LogP contribution in [-0.4, -0.2) is 9.78 Å². The molecule has 0 aliphatic heterocycles. The van der Waals surface area contributed by atoms with Crippen molar-refractivity contribution in [1.82, 2.24) is 9.78 Å². The summed E-state index contributed by atoms with van der Waals surface area (Å²) in [5, 5.41) is 4.88. The van der Waals surface area contributed by atoms with Crippen LogP contribution in [0.5, 0.6) is 0 Å². The second-order valence-corrected chi connectivity index (χ2v) is 5.51. The summed E-state index contributed by atoms with van der Waals surface area (Å²) in [6, 6.07) is 6.63. The molecule has 1 aromatic carbocycles. The molecular weight excluding hydrogens is 277 g/mol. The second kappa shape index (κ2) is 5.54. The monoisotopic (exact) mass is 295 g/mol. The van der Waals surface area contributed by atoms with Crippen LogP contribution in [-0.2, 0) is 19.0 Å². The molecule has 0 aliphatic rings. The van der Waals surface area contributed by atoms with Gasteiger partial charge in [0.25, 0.3) is 0 Å². The quantitative estimate of drug-likeness (QED) is 0.940. The zero-order valence-electron chi connectivity index (χ0n) is 12.0. The van der Waals surface area contributed by atoms with Gasteiger partial charge in [0.1, 0.15) is 5.82 Å². The van der Waals surface area contributed by atoms with E-state index in [2.05, 4.69) is 5.10 Å². The number of aryl methyl sites for hydroxylation is 2. The Morgan fingerprint density at radius 3 is 2.55 bits per heavy atom. The van der Waals surface area contributed by atoms with Crippen LogP contribution < -0.4 is 5.73 Å². The Morgan fingerprint density at radius 2 is 2.05 bits per heavy atom. The van der Waals surface area contributed by atoms with Gasteiger partial charge in [0.15, 0.2) is 0 Å². The van der Waals surface area contributed by atoms with E-state index >= 15 is 0 Å². The van der Waals surface area contributed by atoms with Crippen LogP contribution in [0.1, 0.15) is 30.3 Å². The molecule has 20 heavy (non-hydrogen) atoms. The molecule has 5 heteroatoms. The van der Waals surface area contributed by atoms with Gasteiger partial charge < -0.3 is 5.73 Å². The highest BCUT2D eigenvalue weighted by Crippen LogP contribution is 2.31. The summed E-state index contributed by atoms with van der Waals surface area (Å²) < 4.78 is 15.8. The first-order chi connectivity index (χ1) is 9.39. The van der Waals surface area contributed by atoms with E-state index in [4.69, 9.17) is 17.3 Å². The van der Waals surface area contributed by atoms with Crippen LogP contribution >= 0.6 is 11.6 Å². The number of hydrogen-bond acceptors (Lipinski definition) is 2. The number of nitrogens with zero attached hydrogens (tertiary/aromatic N) is 2. The van der Waals surface area contributed by atoms with Gasteiger partial charge in [-0.25, -0.2) is 4.39 Å². The first-order valence-corrected chi connectivity index (χ1v) is 6.98. The number of nitrogens with two attached hydrogens (primary N) is 1. The van der Waals surface area contributed by atoms with Crippen molar-refractivity contribution >= 4 is 11.6 Å². The molecule has 2 rings (SSSR count). The minimum Gasteiger partial charge on any atom is -0.321 e. The van der Waals surface area contributed by atoms with Gasteiger partial charge in [0.05, 0.1) is 16.4 Å². The summed E-state index contributed by atoms with van der Waals surface area (Å²) in [5.74, 6) is -0.285. The lowest BCUT2D eigenvalue weighted by Crippen LogP contribution is -2.40. The van der Waals surface area contributed by atoms with E-state index in [0.717, 1.165) is 11.4 Å². The fraction of sp³-hybridized carbons (Fsp3) is 0.400. The Morgan fingerprint density at radius 1 is 1.40 bits per heavy atom. The molecule has 0 aliphatic carbocycles. The molecule has 0 amide bonds. The van der Waals surface area contributed by atoms with Crippen molar-refractivity contribution in [2.75, 3.05) is 0 Å². The topological polar surface area (TPSA) is 43.8 Å². The summed E-state index contributed by atoms with van der Waals surface area (Å²) in [6.45, 7) is 3.79. The molecule has 1 heterocycles. The Hall–Kier alpha value is -1.39. The maximum atomic E-state index is 14.0. The standard InChI is InChI=1S/C15H19ClFN3/c1-4-15(18,11-7-5-6-8-12(11)17)9-13-14(16)10(2)19-20(13)3/h5-8H,4,9,18H2,1-3H3. The highest BCUT2D eigenvalue weighted by atomic mass is 35.5. The van der Waals surface area contributed by atoms with E-state index in [-0.39, 0.29) is 5.82 Å². The first-order valence-electron chi connectivity index (χ1n) is 6.61. The predicted molar refractivity (Wildman–Crippen MR) is 79.2 cm³/mol. The molecule has 0 saturated heterocycles. The average molecular weight is 296 g/mol. The van der Waals surface area contributed by atoms with Crippen molar-refractivity contribution in [2.45, 2.75) is 32.2 Å². The number of benzene rings is 1. The lowest BCUT2D eigenvalue weighted by Gasteiger charge is -2.29. The lowest BCUT2D eigenvalue weighted by atomic mass is 9.83. The van der Waals surface area contributed by atoms with Crippen LogP contribution in [0.3, 0.4) is 0 Å². The first kappa shape index (κ1) is 15.0. The normalized spacial score (nSPS) is 14.3. The minimum absolute atomic E-state index is 0.285. The van der Waals surface area contributed by atoms with Crippen LogP contribution in [0.25, 0.3) is 0 Å². The fourth-order valence-electron chi connectivity index (χ4n) is 2.45. The van der Waals surface area contributed by atoms with Crippen molar-refractivity contribution in [1.29, 1.82) is 0 Å². The van der Waals surface area contributed by atoms with Gasteiger partial charge in [-0.2, -0.15) is 5.10 Å². The molecule has 0 radical (unpaired) electrons. The zero-order chi connectivity index (χ0) is 14.9. The summed E-state index contributed by atoms with van der Waals surface area (Å²) in [5.41, 5.74) is 7.76. The zero-order valence-corrected chi connectivity index (χ0v) is 12.7. The summed E-state index contributed by atoms with van der Waals surface area (Å²) >= 11 is 6.27. The van der Waals surface area contributed by atoms with Gasteiger partial charge in [0.2, 0.25) is 0 Å². The van der Waals surface area contributed by atoms with Gasteiger partial charge in [-0.05, 0) is 19.4 Å². The van der Waals surface area contributed by atoms with E-state index in [1.54, 1.807) is 22.9 Å². The van der Waals surface area contributed by atoms with Crippen LogP contribution in [0.15, 0.2) is 24.3 Å². The van der Waals surface area contributed by atoms with E-state index in [1.165, 1.54) is 6.07 Å². The van der Waals surface area contributed by atoms with Gasteiger partial charge in [-0.3, -0.25) is 4.68 Å². The molecule has 2 N–H and O–H groups in total. The average Bonchev–Trinajstić information content (AvgIpc) is 2.65. The van der Waals surface area contributed by atoms with Crippen molar-refractivity contribution in [3.63, 3.8) is 0 Å². The van der Waals surface area contributed by atoms with E-state index in [9.17, 15) is 4.39 Å². The van der Waals surface area contributed by atoms with Gasteiger partial charge in [-0.1, -0.05) is 36.7 Å². The van der Waals surface area contributed by atoms with Gasteiger partial charge >= 0.3 is 0 Å². The van der Waals surface area contributed by atoms with Crippen molar-refractivity contribution in [2.24, 2.45) is 12.8 Å². The van der Waals surface area contributed by atoms with Crippen LogP contribution in [0.2, 0.25) is 5.02 Å². The van der Waals surface area contributed by atoms with Crippen molar-refractivity contribution in [3.8, 4) is 0 Å². The third kappa shape index (κ3) is 2.58. The molecule has 0 saturated carbocycles. The molecule has 1 aromatic heterocycles. The lowest BCUT2D eigenvalue weighted by molar-refractivity contribution is 0.392. The second-order valence-electron chi connectivity index (χ2n) is 5.14. The Balaban J connectivity index is 2.45. The molecule has 2 aromatic rings. The summed E-state index contributed by atoms with van der Waals surface area (Å²) in [4.78, 5) is 0. The van der Waals surface area contributed by atoms with Crippen LogP contribution in [0.4, 0.5) is 4.39 Å². The molecule has 0 fully saturated rings. The van der Waals surface area contributed by atoms with Gasteiger partial charge in [0, 0.05) is 24.6 Å². The highest BCUT2D eigenvalue weighted by molar-refractivity contribution is 6.31. The molecule has 0 bridgehead atoms. The maximum Gasteiger partial charge on any atom is 0.128 e. The smallest absolute Gasteiger partial charge is 0.128 e. The van der Waals surface area contributed by atoms with E-state index in [0.29, 0.717) is 23.4 Å². The Kier molecular flexibility index (Phi) is 4.16. The van der Waals surface area contributed by atoms with Crippen molar-refractivity contribution in [3.05, 3.63) is 52.1 Å². The van der Waals surface area contributed by atoms with Crippen molar-refractivity contribution < 1.29 is 4.39 Å². The van der Waals surface area contributed by atoms with Crippen LogP contribution in [0, 0.1) is 12.7 Å². The Labute approximate surface area is 123 Å². The van der Waals surface area contributed by atoms with Gasteiger partial charge in [-0.15, -0.1) is 0 Å².